The van der Waals surface area contributed by atoms with Crippen LogP contribution in [0.1, 0.15) is 33.6 Å². The summed E-state index contributed by atoms with van der Waals surface area (Å²) < 4.78 is 0.311. The Kier molecular flexibility index (Phi) is 7.68. The maximum atomic E-state index is 11.4. The number of hydrogen-bond acceptors (Lipinski definition) is 4. The van der Waals surface area contributed by atoms with E-state index < -0.39 is 0 Å². The molecule has 0 aromatic rings. The maximum absolute atomic E-state index is 11.4. The molecule has 0 aromatic carbocycles. The van der Waals surface area contributed by atoms with Gasteiger partial charge in [-0.15, -0.1) is 0 Å². The monoisotopic (exact) mass is 355 g/mol. The van der Waals surface area contributed by atoms with Crippen LogP contribution in [0.2, 0.25) is 0 Å². The van der Waals surface area contributed by atoms with Gasteiger partial charge in [0.2, 0.25) is 5.91 Å². The molecule has 0 bridgehead atoms. The molecule has 138 valence electrons. The largest absolute Gasteiger partial charge is 0.357 e. The summed E-state index contributed by atoms with van der Waals surface area (Å²) in [5.41, 5.74) is 0. The molecule has 0 aromatic heterocycles. The van der Waals surface area contributed by atoms with Crippen LogP contribution in [0.4, 0.5) is 0 Å². The van der Waals surface area contributed by atoms with Crippen molar-refractivity contribution < 1.29 is 4.79 Å². The second kappa shape index (κ2) is 9.51. The highest BCUT2D eigenvalue weighted by atomic mass is 32.2. The van der Waals surface area contributed by atoms with E-state index in [0.717, 1.165) is 58.3 Å². The van der Waals surface area contributed by atoms with E-state index in [9.17, 15) is 4.79 Å². The zero-order chi connectivity index (χ0) is 17.4. The fourth-order valence-corrected chi connectivity index (χ4v) is 4.39. The molecule has 6 nitrogen and oxygen atoms in total. The molecule has 0 spiro atoms. The molecule has 2 N–H and O–H groups in total. The predicted molar refractivity (Wildman–Crippen MR) is 103 cm³/mol. The third kappa shape index (κ3) is 6.16. The number of piperazine rings is 1. The minimum atomic E-state index is 0.188. The quantitative estimate of drug-likeness (QED) is 0.550. The number of thioether (sulfide) groups is 1. The number of nitrogens with one attached hydrogen (secondary N) is 2. The van der Waals surface area contributed by atoms with E-state index in [-0.39, 0.29) is 5.91 Å². The molecule has 1 unspecified atom stereocenters. The molecule has 2 fully saturated rings. The minimum Gasteiger partial charge on any atom is -0.357 e. The molecule has 2 aliphatic rings. The third-order valence-corrected chi connectivity index (χ3v) is 6.28. The minimum absolute atomic E-state index is 0.188. The second-order valence-corrected chi connectivity index (χ2v) is 8.55. The molecular weight excluding hydrogens is 322 g/mol. The second-order valence-electron chi connectivity index (χ2n) is 6.87. The summed E-state index contributed by atoms with van der Waals surface area (Å²) in [5, 5.41) is 6.79. The first-order valence-corrected chi connectivity index (χ1v) is 10.1. The first-order chi connectivity index (χ1) is 11.5. The lowest BCUT2D eigenvalue weighted by atomic mass is 10.1. The standard InChI is InChI=1S/C17H33N5OS/c1-4-18-16(20-14-17(3)6-5-13-24-17)19-7-8-21-9-11-22(12-10-21)15(2)23/h4-14H2,1-3H3,(H2,18,19,20). The lowest BCUT2D eigenvalue weighted by Gasteiger charge is -2.34. The van der Waals surface area contributed by atoms with E-state index in [1.165, 1.54) is 18.6 Å². The van der Waals surface area contributed by atoms with Gasteiger partial charge >= 0.3 is 0 Å². The molecule has 2 rings (SSSR count). The van der Waals surface area contributed by atoms with Crippen LogP contribution in [0.5, 0.6) is 0 Å². The van der Waals surface area contributed by atoms with E-state index in [1.54, 1.807) is 6.92 Å². The Bertz CT molecular complexity index is 429. The highest BCUT2D eigenvalue weighted by molar-refractivity contribution is 8.00. The van der Waals surface area contributed by atoms with Crippen molar-refractivity contribution in [1.82, 2.24) is 20.4 Å². The molecule has 2 saturated heterocycles. The number of carbonyl (C=O) groups excluding carboxylic acids is 1. The number of hydrogen-bond donors (Lipinski definition) is 2. The summed E-state index contributed by atoms with van der Waals surface area (Å²) in [6, 6.07) is 0. The average molecular weight is 356 g/mol. The van der Waals surface area contributed by atoms with Crippen molar-refractivity contribution in [3.8, 4) is 0 Å². The third-order valence-electron chi connectivity index (χ3n) is 4.75. The van der Waals surface area contributed by atoms with Gasteiger partial charge in [0, 0.05) is 57.5 Å². The Morgan fingerprint density at radius 2 is 2.00 bits per heavy atom. The van der Waals surface area contributed by atoms with E-state index in [4.69, 9.17) is 4.99 Å². The first-order valence-electron chi connectivity index (χ1n) is 9.16. The van der Waals surface area contributed by atoms with Crippen LogP contribution in [0.3, 0.4) is 0 Å². The van der Waals surface area contributed by atoms with Gasteiger partial charge in [0.1, 0.15) is 0 Å². The number of aliphatic imine (C=N–C) groups is 1. The number of nitrogens with zero attached hydrogens (tertiary/aromatic N) is 3. The summed E-state index contributed by atoms with van der Waals surface area (Å²) in [6.07, 6.45) is 2.58. The van der Waals surface area contributed by atoms with Crippen molar-refractivity contribution in [3.63, 3.8) is 0 Å². The molecule has 24 heavy (non-hydrogen) atoms. The molecule has 7 heteroatoms. The molecule has 0 aliphatic carbocycles. The molecule has 2 aliphatic heterocycles. The van der Waals surface area contributed by atoms with Crippen LogP contribution in [-0.4, -0.2) is 84.5 Å². The van der Waals surface area contributed by atoms with Gasteiger partial charge in [-0.1, -0.05) is 0 Å². The Labute approximate surface area is 150 Å². The first kappa shape index (κ1) is 19.4. The summed E-state index contributed by atoms with van der Waals surface area (Å²) in [5.74, 6) is 2.38. The SMILES string of the molecule is CCNC(=NCC1(C)CCCS1)NCCN1CCN(C(C)=O)CC1. The average Bonchev–Trinajstić information content (AvgIpc) is 3.00. The van der Waals surface area contributed by atoms with Gasteiger partial charge in [-0.3, -0.25) is 14.7 Å². The maximum Gasteiger partial charge on any atom is 0.219 e. The molecule has 0 saturated carbocycles. The van der Waals surface area contributed by atoms with Gasteiger partial charge in [0.25, 0.3) is 0 Å². The van der Waals surface area contributed by atoms with Crippen molar-refractivity contribution in [1.29, 1.82) is 0 Å². The molecule has 1 amide bonds. The summed E-state index contributed by atoms with van der Waals surface area (Å²) >= 11 is 2.05. The van der Waals surface area contributed by atoms with Crippen molar-refractivity contribution in [2.75, 3.05) is 58.1 Å². The van der Waals surface area contributed by atoms with E-state index in [1.807, 2.05) is 4.90 Å². The Morgan fingerprint density at radius 3 is 2.58 bits per heavy atom. The lowest BCUT2D eigenvalue weighted by molar-refractivity contribution is -0.130. The summed E-state index contributed by atoms with van der Waals surface area (Å²) in [4.78, 5) is 20.5. The van der Waals surface area contributed by atoms with Gasteiger partial charge in [0.15, 0.2) is 5.96 Å². The van der Waals surface area contributed by atoms with Crippen LogP contribution in [-0.2, 0) is 4.79 Å². The van der Waals surface area contributed by atoms with E-state index in [0.29, 0.717) is 4.75 Å². The van der Waals surface area contributed by atoms with Gasteiger partial charge in [-0.2, -0.15) is 11.8 Å². The Balaban J connectivity index is 1.70. The van der Waals surface area contributed by atoms with Gasteiger partial charge in [-0.25, -0.2) is 0 Å². The zero-order valence-corrected chi connectivity index (χ0v) is 16.3. The predicted octanol–water partition coefficient (Wildman–Crippen LogP) is 0.991. The number of rotatable bonds is 6. The highest BCUT2D eigenvalue weighted by Crippen LogP contribution is 2.37. The van der Waals surface area contributed by atoms with Crippen molar-refractivity contribution in [2.24, 2.45) is 4.99 Å². The molecular formula is C17H33N5OS. The normalized spacial score (nSPS) is 25.8. The zero-order valence-electron chi connectivity index (χ0n) is 15.4. The van der Waals surface area contributed by atoms with E-state index in [2.05, 4.69) is 41.1 Å². The van der Waals surface area contributed by atoms with Crippen LogP contribution in [0.15, 0.2) is 4.99 Å². The topological polar surface area (TPSA) is 60.0 Å². The van der Waals surface area contributed by atoms with Gasteiger partial charge in [0.05, 0.1) is 6.54 Å². The smallest absolute Gasteiger partial charge is 0.219 e. The van der Waals surface area contributed by atoms with Crippen LogP contribution in [0.25, 0.3) is 0 Å². The fraction of sp³-hybridized carbons (Fsp3) is 0.882. The summed E-state index contributed by atoms with van der Waals surface area (Å²) in [6.45, 7) is 13.3. The van der Waals surface area contributed by atoms with Crippen molar-refractivity contribution in [2.45, 2.75) is 38.4 Å². The van der Waals surface area contributed by atoms with E-state index >= 15 is 0 Å². The molecule has 0 radical (unpaired) electrons. The van der Waals surface area contributed by atoms with Gasteiger partial charge in [-0.05, 0) is 32.4 Å². The Morgan fingerprint density at radius 1 is 1.25 bits per heavy atom. The molecule has 1 atom stereocenters. The van der Waals surface area contributed by atoms with Crippen LogP contribution >= 0.6 is 11.8 Å². The van der Waals surface area contributed by atoms with Crippen LogP contribution < -0.4 is 10.6 Å². The van der Waals surface area contributed by atoms with Crippen molar-refractivity contribution >= 4 is 23.6 Å². The number of guanidine groups is 1. The number of amides is 1. The highest BCUT2D eigenvalue weighted by Gasteiger charge is 2.29. The lowest BCUT2D eigenvalue weighted by Crippen LogP contribution is -2.50. The summed E-state index contributed by atoms with van der Waals surface area (Å²) in [7, 11) is 0. The van der Waals surface area contributed by atoms with Crippen molar-refractivity contribution in [3.05, 3.63) is 0 Å². The number of carbonyl (C=O) groups is 1. The molecule has 2 heterocycles. The fourth-order valence-electron chi connectivity index (χ4n) is 3.17. The Hall–Kier alpha value is -0.950. The van der Waals surface area contributed by atoms with Crippen LogP contribution in [0, 0.1) is 0 Å². The van der Waals surface area contributed by atoms with Gasteiger partial charge < -0.3 is 15.5 Å².